The van der Waals surface area contributed by atoms with E-state index < -0.39 is 0 Å². The molecule has 0 aliphatic heterocycles. The van der Waals surface area contributed by atoms with Gasteiger partial charge in [-0.2, -0.15) is 0 Å². The van der Waals surface area contributed by atoms with Gasteiger partial charge in [0.2, 0.25) is 0 Å². The molecule has 2 nitrogen and oxygen atoms in total. The molecule has 27 heavy (non-hydrogen) atoms. The van der Waals surface area contributed by atoms with Crippen molar-refractivity contribution in [1.29, 1.82) is 0 Å². The van der Waals surface area contributed by atoms with Crippen molar-refractivity contribution in [3.05, 3.63) is 101 Å². The van der Waals surface area contributed by atoms with Crippen molar-refractivity contribution in [3.8, 4) is 5.75 Å². The van der Waals surface area contributed by atoms with Crippen molar-refractivity contribution in [1.82, 2.24) is 0 Å². The number of ether oxygens (including phenoxy) is 1. The standard InChI is InChI=1S/C24H19ClO2/c1-27-20-13-9-18(10-14-20)24-22(26)15-21(16-7-11-19(25)12-8-16)23(24)17-5-3-2-4-6-17/h2-14,21H,15H2,1H3. The van der Waals surface area contributed by atoms with E-state index in [2.05, 4.69) is 12.1 Å². The fourth-order valence-electron chi connectivity index (χ4n) is 3.73. The molecule has 0 bridgehead atoms. The van der Waals surface area contributed by atoms with E-state index in [4.69, 9.17) is 16.3 Å². The van der Waals surface area contributed by atoms with Gasteiger partial charge in [0.1, 0.15) is 5.75 Å². The Kier molecular flexibility index (Phi) is 4.83. The average Bonchev–Trinajstić information content (AvgIpc) is 3.06. The topological polar surface area (TPSA) is 26.3 Å². The Labute approximate surface area is 164 Å². The van der Waals surface area contributed by atoms with Crippen LogP contribution >= 0.6 is 11.6 Å². The highest BCUT2D eigenvalue weighted by molar-refractivity contribution is 6.32. The highest BCUT2D eigenvalue weighted by atomic mass is 35.5. The summed E-state index contributed by atoms with van der Waals surface area (Å²) in [6, 6.07) is 25.7. The van der Waals surface area contributed by atoms with Gasteiger partial charge >= 0.3 is 0 Å². The number of rotatable bonds is 4. The number of allylic oxidation sites excluding steroid dienone is 2. The van der Waals surface area contributed by atoms with Gasteiger partial charge in [0.15, 0.2) is 5.78 Å². The second-order valence-corrected chi connectivity index (χ2v) is 7.05. The maximum absolute atomic E-state index is 13.0. The summed E-state index contributed by atoms with van der Waals surface area (Å²) in [6.07, 6.45) is 0.465. The summed E-state index contributed by atoms with van der Waals surface area (Å²) >= 11 is 6.06. The average molecular weight is 375 g/mol. The zero-order valence-electron chi connectivity index (χ0n) is 15.0. The van der Waals surface area contributed by atoms with Gasteiger partial charge in [0, 0.05) is 22.9 Å². The van der Waals surface area contributed by atoms with Crippen LogP contribution in [0.2, 0.25) is 5.02 Å². The molecular weight excluding hydrogens is 356 g/mol. The van der Waals surface area contributed by atoms with Gasteiger partial charge in [-0.25, -0.2) is 0 Å². The summed E-state index contributed by atoms with van der Waals surface area (Å²) in [5.74, 6) is 0.966. The van der Waals surface area contributed by atoms with Crippen LogP contribution in [0.4, 0.5) is 0 Å². The second-order valence-electron chi connectivity index (χ2n) is 6.61. The summed E-state index contributed by atoms with van der Waals surface area (Å²) < 4.78 is 5.26. The Hall–Kier alpha value is -2.84. The third-order valence-corrected chi connectivity index (χ3v) is 5.27. The van der Waals surface area contributed by atoms with Crippen LogP contribution in [-0.2, 0) is 4.79 Å². The molecule has 4 rings (SSSR count). The van der Waals surface area contributed by atoms with Crippen molar-refractivity contribution in [3.63, 3.8) is 0 Å². The predicted octanol–water partition coefficient (Wildman–Crippen LogP) is 6.02. The van der Waals surface area contributed by atoms with Gasteiger partial charge in [-0.1, -0.05) is 66.2 Å². The maximum Gasteiger partial charge on any atom is 0.164 e. The summed E-state index contributed by atoms with van der Waals surface area (Å²) in [5.41, 5.74) is 4.98. The first-order chi connectivity index (χ1) is 13.2. The van der Waals surface area contributed by atoms with E-state index in [9.17, 15) is 4.79 Å². The first-order valence-corrected chi connectivity index (χ1v) is 9.28. The first-order valence-electron chi connectivity index (χ1n) is 8.90. The highest BCUT2D eigenvalue weighted by Gasteiger charge is 2.34. The van der Waals surface area contributed by atoms with Crippen LogP contribution in [0.15, 0.2) is 78.9 Å². The number of Topliss-reactive ketones (excluding diaryl/α,β-unsaturated/α-hetero) is 1. The molecule has 0 saturated carbocycles. The first kappa shape index (κ1) is 17.6. The molecule has 0 fully saturated rings. The van der Waals surface area contributed by atoms with E-state index in [1.54, 1.807) is 7.11 Å². The molecule has 3 aromatic rings. The van der Waals surface area contributed by atoms with E-state index in [1.165, 1.54) is 0 Å². The van der Waals surface area contributed by atoms with Crippen molar-refractivity contribution < 1.29 is 9.53 Å². The van der Waals surface area contributed by atoms with Gasteiger partial charge in [0.05, 0.1) is 7.11 Å². The lowest BCUT2D eigenvalue weighted by Gasteiger charge is -2.16. The summed E-state index contributed by atoms with van der Waals surface area (Å²) in [6.45, 7) is 0. The maximum atomic E-state index is 13.0. The van der Waals surface area contributed by atoms with E-state index >= 15 is 0 Å². The minimum Gasteiger partial charge on any atom is -0.497 e. The SMILES string of the molecule is COc1ccc(C2=C(c3ccccc3)C(c3ccc(Cl)cc3)CC2=O)cc1. The number of benzene rings is 3. The van der Waals surface area contributed by atoms with Crippen molar-refractivity contribution in [2.24, 2.45) is 0 Å². The van der Waals surface area contributed by atoms with Crippen LogP contribution in [0, 0.1) is 0 Å². The lowest BCUT2D eigenvalue weighted by Crippen LogP contribution is -1.99. The zero-order valence-corrected chi connectivity index (χ0v) is 15.7. The molecule has 1 atom stereocenters. The molecular formula is C24H19ClO2. The van der Waals surface area contributed by atoms with E-state index in [0.29, 0.717) is 11.4 Å². The number of halogens is 1. The van der Waals surface area contributed by atoms with E-state index in [1.807, 2.05) is 66.7 Å². The Bertz CT molecular complexity index is 987. The van der Waals surface area contributed by atoms with Gasteiger partial charge in [0.25, 0.3) is 0 Å². The molecule has 0 heterocycles. The molecule has 0 amide bonds. The van der Waals surface area contributed by atoms with Crippen LogP contribution in [0.5, 0.6) is 5.75 Å². The molecule has 1 unspecified atom stereocenters. The van der Waals surface area contributed by atoms with Crippen LogP contribution in [0.1, 0.15) is 29.0 Å². The number of hydrogen-bond donors (Lipinski definition) is 0. The van der Waals surface area contributed by atoms with E-state index in [-0.39, 0.29) is 11.7 Å². The Morgan fingerprint density at radius 2 is 1.52 bits per heavy atom. The Balaban J connectivity index is 1.89. The summed E-state index contributed by atoms with van der Waals surface area (Å²) in [5, 5.41) is 0.698. The number of ketones is 1. The predicted molar refractivity (Wildman–Crippen MR) is 110 cm³/mol. The number of carbonyl (C=O) groups excluding carboxylic acids is 1. The minimum atomic E-state index is 0.0225. The van der Waals surface area contributed by atoms with Crippen LogP contribution in [0.3, 0.4) is 0 Å². The number of carbonyl (C=O) groups is 1. The summed E-state index contributed by atoms with van der Waals surface area (Å²) in [7, 11) is 1.64. The largest absolute Gasteiger partial charge is 0.497 e. The van der Waals surface area contributed by atoms with Crippen LogP contribution < -0.4 is 4.74 Å². The van der Waals surface area contributed by atoms with Gasteiger partial charge in [-0.3, -0.25) is 4.79 Å². The highest BCUT2D eigenvalue weighted by Crippen LogP contribution is 2.47. The fraction of sp³-hybridized carbons (Fsp3) is 0.125. The monoisotopic (exact) mass is 374 g/mol. The van der Waals surface area contributed by atoms with E-state index in [0.717, 1.165) is 33.6 Å². The fourth-order valence-corrected chi connectivity index (χ4v) is 3.86. The van der Waals surface area contributed by atoms with Crippen molar-refractivity contribution in [2.75, 3.05) is 7.11 Å². The number of hydrogen-bond acceptors (Lipinski definition) is 2. The molecule has 3 aromatic carbocycles. The van der Waals surface area contributed by atoms with Crippen LogP contribution in [-0.4, -0.2) is 12.9 Å². The normalized spacial score (nSPS) is 16.7. The third-order valence-electron chi connectivity index (χ3n) is 5.02. The van der Waals surface area contributed by atoms with Gasteiger partial charge in [-0.05, 0) is 46.5 Å². The Morgan fingerprint density at radius 3 is 2.15 bits per heavy atom. The van der Waals surface area contributed by atoms with Gasteiger partial charge < -0.3 is 4.74 Å². The van der Waals surface area contributed by atoms with Crippen molar-refractivity contribution >= 4 is 28.5 Å². The third kappa shape index (κ3) is 3.41. The molecule has 0 radical (unpaired) electrons. The molecule has 0 saturated heterocycles. The molecule has 1 aliphatic rings. The molecule has 0 aromatic heterocycles. The zero-order chi connectivity index (χ0) is 18.8. The smallest absolute Gasteiger partial charge is 0.164 e. The molecule has 1 aliphatic carbocycles. The minimum absolute atomic E-state index is 0.0225. The van der Waals surface area contributed by atoms with Crippen LogP contribution in [0.25, 0.3) is 11.1 Å². The molecule has 0 N–H and O–H groups in total. The quantitative estimate of drug-likeness (QED) is 0.558. The van der Waals surface area contributed by atoms with Crippen molar-refractivity contribution in [2.45, 2.75) is 12.3 Å². The summed E-state index contributed by atoms with van der Waals surface area (Å²) in [4.78, 5) is 13.0. The molecule has 134 valence electrons. The second kappa shape index (κ2) is 7.42. The molecule has 0 spiro atoms. The lowest BCUT2D eigenvalue weighted by atomic mass is 9.87. The van der Waals surface area contributed by atoms with Gasteiger partial charge in [-0.15, -0.1) is 0 Å². The molecule has 3 heteroatoms. The number of methoxy groups -OCH3 is 1. The lowest BCUT2D eigenvalue weighted by molar-refractivity contribution is -0.113. The Morgan fingerprint density at radius 1 is 0.852 bits per heavy atom.